The molecule has 2 saturated heterocycles. The number of aliphatic hydroxyl groups is 1. The zero-order valence-corrected chi connectivity index (χ0v) is 24.9. The molecule has 2 aliphatic heterocycles. The molecular formula is C32H31N5O7S. The summed E-state index contributed by atoms with van der Waals surface area (Å²) in [6, 6.07) is 22.6. The van der Waals surface area contributed by atoms with Crippen molar-refractivity contribution in [2.45, 2.75) is 55.8 Å². The van der Waals surface area contributed by atoms with Crippen molar-refractivity contribution in [2.24, 2.45) is 0 Å². The van der Waals surface area contributed by atoms with E-state index in [2.05, 4.69) is 20.5 Å². The van der Waals surface area contributed by atoms with E-state index in [1.807, 2.05) is 60.7 Å². The van der Waals surface area contributed by atoms with Gasteiger partial charge in [-0.3, -0.25) is 14.7 Å². The third-order valence-electron chi connectivity index (χ3n) is 7.47. The van der Waals surface area contributed by atoms with E-state index < -0.39 is 30.2 Å². The normalized spacial score (nSPS) is 21.6. The first-order valence-electron chi connectivity index (χ1n) is 14.4. The van der Waals surface area contributed by atoms with Gasteiger partial charge in [0.25, 0.3) is 5.91 Å². The predicted molar refractivity (Wildman–Crippen MR) is 163 cm³/mol. The molecule has 3 heterocycles. The first-order valence-corrected chi connectivity index (χ1v) is 15.4. The van der Waals surface area contributed by atoms with Crippen LogP contribution in [-0.2, 0) is 37.0 Å². The molecule has 6 rings (SSSR count). The number of anilines is 1. The molecule has 0 radical (unpaired) electrons. The van der Waals surface area contributed by atoms with Crippen LogP contribution in [0.5, 0.6) is 0 Å². The highest BCUT2D eigenvalue weighted by Gasteiger charge is 2.41. The molecule has 1 unspecified atom stereocenters. The molecule has 13 heteroatoms. The van der Waals surface area contributed by atoms with Crippen LogP contribution in [-0.4, -0.2) is 56.1 Å². The summed E-state index contributed by atoms with van der Waals surface area (Å²) in [5.41, 5.74) is 3.50. The van der Waals surface area contributed by atoms with Crippen LogP contribution in [0.4, 0.5) is 10.5 Å². The average molecular weight is 630 g/mol. The van der Waals surface area contributed by atoms with Crippen LogP contribution >= 0.6 is 11.8 Å². The third-order valence-corrected chi connectivity index (χ3v) is 8.47. The second-order valence-corrected chi connectivity index (χ2v) is 11.6. The number of nitrogens with one attached hydrogen (secondary N) is 2. The Balaban J connectivity index is 1.16. The van der Waals surface area contributed by atoms with Crippen LogP contribution in [0.2, 0.25) is 0 Å². The number of H-pyrrole nitrogens is 1. The quantitative estimate of drug-likeness (QED) is 0.172. The van der Waals surface area contributed by atoms with Crippen molar-refractivity contribution in [2.75, 3.05) is 10.7 Å². The molecule has 3 aromatic carbocycles. The Labute approximate surface area is 263 Å². The Bertz CT molecular complexity index is 1620. The van der Waals surface area contributed by atoms with Gasteiger partial charge in [0.05, 0.1) is 30.9 Å². The molecule has 4 aromatic rings. The summed E-state index contributed by atoms with van der Waals surface area (Å²) in [7, 11) is 0. The Kier molecular flexibility index (Phi) is 9.50. The number of aromatic amines is 1. The van der Waals surface area contributed by atoms with E-state index in [9.17, 15) is 19.5 Å². The molecule has 2 aliphatic rings. The van der Waals surface area contributed by atoms with Gasteiger partial charge in [0.2, 0.25) is 5.91 Å². The highest BCUT2D eigenvalue weighted by Crippen LogP contribution is 2.40. The minimum Gasteiger partial charge on any atom is -0.445 e. The predicted octanol–water partition coefficient (Wildman–Crippen LogP) is 4.19. The van der Waals surface area contributed by atoms with Crippen molar-refractivity contribution in [3.05, 3.63) is 107 Å². The molecule has 12 nitrogen and oxygen atoms in total. The number of hydrogen-bond donors (Lipinski definition) is 3. The largest absolute Gasteiger partial charge is 0.445 e. The Hall–Kier alpha value is -4.56. The van der Waals surface area contributed by atoms with Gasteiger partial charge in [0, 0.05) is 17.7 Å². The molecule has 2 fully saturated rings. The van der Waals surface area contributed by atoms with Crippen LogP contribution in [0.3, 0.4) is 0 Å². The van der Waals surface area contributed by atoms with Crippen LogP contribution in [0, 0.1) is 0 Å². The van der Waals surface area contributed by atoms with Gasteiger partial charge in [-0.2, -0.15) is 5.10 Å². The maximum atomic E-state index is 13.3. The van der Waals surface area contributed by atoms with Crippen LogP contribution in [0.15, 0.2) is 90.3 Å². The molecule has 3 amide bonds. The molecule has 232 valence electrons. The number of aromatic nitrogens is 3. The van der Waals surface area contributed by atoms with E-state index in [1.54, 1.807) is 18.2 Å². The van der Waals surface area contributed by atoms with E-state index in [0.717, 1.165) is 21.6 Å². The fraction of sp³-hybridized carbons (Fsp3) is 0.281. The summed E-state index contributed by atoms with van der Waals surface area (Å²) in [6.07, 6.45) is -0.282. The number of carbonyl (C=O) groups is 3. The molecule has 4 atom stereocenters. The van der Waals surface area contributed by atoms with Gasteiger partial charge in [-0.25, -0.2) is 14.7 Å². The fourth-order valence-electron chi connectivity index (χ4n) is 5.19. The van der Waals surface area contributed by atoms with Crippen molar-refractivity contribution in [1.29, 1.82) is 0 Å². The molecular weight excluding hydrogens is 598 g/mol. The van der Waals surface area contributed by atoms with Crippen molar-refractivity contribution in [3.63, 3.8) is 0 Å². The number of ether oxygens (including phenoxy) is 3. The number of carbonyl (C=O) groups excluding carboxylic acids is 3. The maximum Gasteiger partial charge on any atom is 0.408 e. The lowest BCUT2D eigenvalue weighted by molar-refractivity contribution is -0.245. The van der Waals surface area contributed by atoms with E-state index in [4.69, 9.17) is 14.2 Å². The van der Waals surface area contributed by atoms with Gasteiger partial charge in [-0.1, -0.05) is 78.5 Å². The maximum absolute atomic E-state index is 13.3. The number of imide groups is 1. The van der Waals surface area contributed by atoms with Gasteiger partial charge in [0.1, 0.15) is 19.0 Å². The minimum absolute atomic E-state index is 0.0408. The monoisotopic (exact) mass is 629 g/mol. The summed E-state index contributed by atoms with van der Waals surface area (Å²) in [5.74, 6) is -0.418. The lowest BCUT2D eigenvalue weighted by Gasteiger charge is -2.36. The lowest BCUT2D eigenvalue weighted by Crippen LogP contribution is -2.42. The SMILES string of the molecule is O=C(NC1CC(=O)N(c2cccc([C@H]3O[C@@H](CSc4ncn[nH]4)C[C@@H](c4ccc(CO)cc4)O3)c2)C1=O)OCc1ccccc1. The number of benzene rings is 3. The standard InChI is InChI=1S/C32H31N5O7S/c38-16-20-9-11-22(12-10-20)27-14-25(18-45-31-33-19-34-36-31)43-30(44-27)23-7-4-8-24(13-23)37-28(39)15-26(29(37)40)35-32(41)42-17-21-5-2-1-3-6-21/h1-13,19,25-27,30,38H,14-18H2,(H,35,41)(H,33,34,36)/t25-,26?,27+,30+/m1/s1. The molecule has 0 spiro atoms. The fourth-order valence-corrected chi connectivity index (χ4v) is 5.99. The van der Waals surface area contributed by atoms with Crippen molar-refractivity contribution < 1.29 is 33.7 Å². The first-order chi connectivity index (χ1) is 22.0. The van der Waals surface area contributed by atoms with Crippen LogP contribution in [0.25, 0.3) is 0 Å². The summed E-state index contributed by atoms with van der Waals surface area (Å²) in [4.78, 5) is 43.9. The molecule has 45 heavy (non-hydrogen) atoms. The molecule has 1 aromatic heterocycles. The smallest absolute Gasteiger partial charge is 0.408 e. The topological polar surface area (TPSA) is 156 Å². The Morgan fingerprint density at radius 1 is 1.02 bits per heavy atom. The van der Waals surface area contributed by atoms with Gasteiger partial charge in [-0.15, -0.1) is 0 Å². The Morgan fingerprint density at radius 2 is 1.84 bits per heavy atom. The number of aliphatic hydroxyl groups excluding tert-OH is 1. The molecule has 0 aliphatic carbocycles. The van der Waals surface area contributed by atoms with Crippen molar-refractivity contribution in [1.82, 2.24) is 20.5 Å². The van der Waals surface area contributed by atoms with Gasteiger partial charge in [0.15, 0.2) is 11.4 Å². The second kappa shape index (κ2) is 14.0. The summed E-state index contributed by atoms with van der Waals surface area (Å²) < 4.78 is 18.0. The van der Waals surface area contributed by atoms with E-state index in [-0.39, 0.29) is 31.8 Å². The van der Waals surface area contributed by atoms with Gasteiger partial charge >= 0.3 is 6.09 Å². The average Bonchev–Trinajstić information content (AvgIpc) is 3.70. The van der Waals surface area contributed by atoms with Crippen LogP contribution < -0.4 is 10.2 Å². The van der Waals surface area contributed by atoms with Gasteiger partial charge < -0.3 is 24.6 Å². The zero-order valence-electron chi connectivity index (χ0n) is 24.1. The number of alkyl carbamates (subject to hydrolysis) is 1. The van der Waals surface area contributed by atoms with Crippen molar-refractivity contribution in [3.8, 4) is 0 Å². The summed E-state index contributed by atoms with van der Waals surface area (Å²) in [6.45, 7) is -0.0148. The first kappa shape index (κ1) is 30.5. The number of thioether (sulfide) groups is 1. The van der Waals surface area contributed by atoms with Gasteiger partial charge in [-0.05, 0) is 28.8 Å². The number of nitrogens with zero attached hydrogens (tertiary/aromatic N) is 3. The number of hydrogen-bond acceptors (Lipinski definition) is 10. The second-order valence-electron chi connectivity index (χ2n) is 10.6. The number of amides is 3. The zero-order chi connectivity index (χ0) is 31.2. The minimum atomic E-state index is -1.05. The van der Waals surface area contributed by atoms with Crippen molar-refractivity contribution >= 4 is 35.4 Å². The van der Waals surface area contributed by atoms with Crippen LogP contribution in [0.1, 0.15) is 47.5 Å². The van der Waals surface area contributed by atoms with E-state index in [0.29, 0.717) is 28.6 Å². The molecule has 0 bridgehead atoms. The highest BCUT2D eigenvalue weighted by atomic mass is 32.2. The molecule has 3 N–H and O–H groups in total. The number of rotatable bonds is 10. The lowest BCUT2D eigenvalue weighted by atomic mass is 10.0. The summed E-state index contributed by atoms with van der Waals surface area (Å²) >= 11 is 1.48. The highest BCUT2D eigenvalue weighted by molar-refractivity contribution is 7.99. The Morgan fingerprint density at radius 3 is 2.60 bits per heavy atom. The van der Waals surface area contributed by atoms with E-state index >= 15 is 0 Å². The molecule has 0 saturated carbocycles. The summed E-state index contributed by atoms with van der Waals surface area (Å²) in [5, 5.41) is 19.4. The van der Waals surface area contributed by atoms with E-state index in [1.165, 1.54) is 18.1 Å². The third kappa shape index (κ3) is 7.40.